The molecule has 1 aromatic carbocycles. The lowest BCUT2D eigenvalue weighted by atomic mass is 10.1. The van der Waals surface area contributed by atoms with E-state index in [-0.39, 0.29) is 12.4 Å². The molecule has 1 rings (SSSR count). The summed E-state index contributed by atoms with van der Waals surface area (Å²) in [6.45, 7) is -0.877. The average Bonchev–Trinajstić information content (AvgIpc) is 2.26. The molecule has 0 saturated carbocycles. The SMILES string of the molecule is COc1ccc(CN(C)CC(F)(F)F)cc1C(=N)N. The minimum Gasteiger partial charge on any atom is -0.496 e. The van der Waals surface area contributed by atoms with Crippen LogP contribution in [0.2, 0.25) is 0 Å². The molecule has 0 bridgehead atoms. The van der Waals surface area contributed by atoms with Gasteiger partial charge in [-0.15, -0.1) is 0 Å². The molecule has 0 unspecified atom stereocenters. The van der Waals surface area contributed by atoms with Gasteiger partial charge in [0.2, 0.25) is 0 Å². The van der Waals surface area contributed by atoms with Gasteiger partial charge in [0.25, 0.3) is 0 Å². The Morgan fingerprint density at radius 2 is 2.05 bits per heavy atom. The number of nitrogen functional groups attached to an aromatic ring is 1. The van der Waals surface area contributed by atoms with Crippen molar-refractivity contribution in [3.05, 3.63) is 29.3 Å². The number of rotatable bonds is 5. The maximum Gasteiger partial charge on any atom is 0.401 e. The number of benzene rings is 1. The largest absolute Gasteiger partial charge is 0.496 e. The van der Waals surface area contributed by atoms with Gasteiger partial charge in [0, 0.05) is 6.54 Å². The van der Waals surface area contributed by atoms with E-state index in [4.69, 9.17) is 15.9 Å². The molecule has 0 saturated heterocycles. The molecule has 0 aliphatic heterocycles. The molecule has 0 aromatic heterocycles. The molecule has 0 aliphatic rings. The van der Waals surface area contributed by atoms with Crippen molar-refractivity contribution in [1.82, 2.24) is 4.90 Å². The van der Waals surface area contributed by atoms with Crippen molar-refractivity contribution in [2.45, 2.75) is 12.7 Å². The van der Waals surface area contributed by atoms with Gasteiger partial charge in [-0.25, -0.2) is 0 Å². The molecule has 0 heterocycles. The standard InChI is InChI=1S/C12H16F3N3O/c1-18(7-12(13,14)15)6-8-3-4-10(19-2)9(5-8)11(16)17/h3-5H,6-7H2,1-2H3,(H3,16,17). The molecule has 0 radical (unpaired) electrons. The molecular formula is C12H16F3N3O. The maximum atomic E-state index is 12.2. The van der Waals surface area contributed by atoms with Crippen molar-refractivity contribution in [3.8, 4) is 5.75 Å². The zero-order valence-electron chi connectivity index (χ0n) is 10.7. The predicted molar refractivity (Wildman–Crippen MR) is 66.4 cm³/mol. The summed E-state index contributed by atoms with van der Waals surface area (Å²) in [5, 5.41) is 7.41. The Labute approximate surface area is 109 Å². The monoisotopic (exact) mass is 275 g/mol. The molecule has 0 aliphatic carbocycles. The summed E-state index contributed by atoms with van der Waals surface area (Å²) in [6.07, 6.45) is -4.23. The quantitative estimate of drug-likeness (QED) is 0.638. The van der Waals surface area contributed by atoms with Crippen LogP contribution in [0.1, 0.15) is 11.1 Å². The maximum absolute atomic E-state index is 12.2. The van der Waals surface area contributed by atoms with Gasteiger partial charge in [0.15, 0.2) is 0 Å². The van der Waals surface area contributed by atoms with Crippen LogP contribution in [0.3, 0.4) is 0 Å². The Morgan fingerprint density at radius 3 is 2.53 bits per heavy atom. The van der Waals surface area contributed by atoms with Crippen LogP contribution in [0.5, 0.6) is 5.75 Å². The van der Waals surface area contributed by atoms with Crippen molar-refractivity contribution < 1.29 is 17.9 Å². The normalized spacial score (nSPS) is 11.7. The lowest BCUT2D eigenvalue weighted by Crippen LogP contribution is -2.30. The van der Waals surface area contributed by atoms with Gasteiger partial charge in [-0.05, 0) is 24.7 Å². The molecule has 0 spiro atoms. The van der Waals surface area contributed by atoms with Crippen molar-refractivity contribution in [2.24, 2.45) is 5.73 Å². The first kappa shape index (κ1) is 15.3. The second-order valence-electron chi connectivity index (χ2n) is 4.24. The third-order valence-corrected chi connectivity index (χ3v) is 2.46. The summed E-state index contributed by atoms with van der Waals surface area (Å²) in [7, 11) is 2.82. The van der Waals surface area contributed by atoms with Crippen LogP contribution in [-0.4, -0.2) is 37.6 Å². The molecule has 4 nitrogen and oxygen atoms in total. The van der Waals surface area contributed by atoms with E-state index in [1.807, 2.05) is 0 Å². The number of nitrogens with one attached hydrogen (secondary N) is 1. The van der Waals surface area contributed by atoms with E-state index in [0.717, 1.165) is 4.90 Å². The van der Waals surface area contributed by atoms with Crippen LogP contribution in [-0.2, 0) is 6.54 Å². The van der Waals surface area contributed by atoms with Gasteiger partial charge in [-0.3, -0.25) is 10.3 Å². The number of amidine groups is 1. The van der Waals surface area contributed by atoms with E-state index in [2.05, 4.69) is 0 Å². The minimum absolute atomic E-state index is 0.115. The highest BCUT2D eigenvalue weighted by atomic mass is 19.4. The number of alkyl halides is 3. The lowest BCUT2D eigenvalue weighted by molar-refractivity contribution is -0.144. The van der Waals surface area contributed by atoms with Gasteiger partial charge in [-0.2, -0.15) is 13.2 Å². The van der Waals surface area contributed by atoms with E-state index in [0.29, 0.717) is 16.9 Å². The van der Waals surface area contributed by atoms with Gasteiger partial charge in [0.1, 0.15) is 11.6 Å². The summed E-state index contributed by atoms with van der Waals surface area (Å²) in [4.78, 5) is 1.14. The van der Waals surface area contributed by atoms with Crippen LogP contribution in [0.25, 0.3) is 0 Å². The van der Waals surface area contributed by atoms with Gasteiger partial charge in [0.05, 0.1) is 19.2 Å². The molecule has 0 fully saturated rings. The Hall–Kier alpha value is -1.76. The molecule has 0 amide bonds. The fraction of sp³-hybridized carbons (Fsp3) is 0.417. The van der Waals surface area contributed by atoms with E-state index in [9.17, 15) is 13.2 Å². The first-order chi connectivity index (χ1) is 8.73. The Balaban J connectivity index is 2.85. The van der Waals surface area contributed by atoms with Crippen LogP contribution < -0.4 is 10.5 Å². The van der Waals surface area contributed by atoms with Crippen molar-refractivity contribution >= 4 is 5.84 Å². The Morgan fingerprint density at radius 1 is 1.42 bits per heavy atom. The van der Waals surface area contributed by atoms with Crippen molar-refractivity contribution in [1.29, 1.82) is 5.41 Å². The van der Waals surface area contributed by atoms with Gasteiger partial charge < -0.3 is 10.5 Å². The molecule has 7 heteroatoms. The zero-order valence-corrected chi connectivity index (χ0v) is 10.7. The second-order valence-corrected chi connectivity index (χ2v) is 4.24. The molecule has 3 N–H and O–H groups in total. The summed E-state index contributed by atoms with van der Waals surface area (Å²) in [5.74, 6) is 0.242. The van der Waals surface area contributed by atoms with E-state index in [1.165, 1.54) is 14.2 Å². The molecule has 19 heavy (non-hydrogen) atoms. The number of hydrogen-bond acceptors (Lipinski definition) is 3. The molecule has 1 aromatic rings. The van der Waals surface area contributed by atoms with Crippen LogP contribution in [0.4, 0.5) is 13.2 Å². The van der Waals surface area contributed by atoms with Crippen LogP contribution >= 0.6 is 0 Å². The highest BCUT2D eigenvalue weighted by Crippen LogP contribution is 2.21. The Bertz CT molecular complexity index is 460. The van der Waals surface area contributed by atoms with Crippen molar-refractivity contribution in [2.75, 3.05) is 20.7 Å². The summed E-state index contributed by atoms with van der Waals surface area (Å²) < 4.78 is 41.7. The topological polar surface area (TPSA) is 62.3 Å². The number of hydrogen-bond donors (Lipinski definition) is 2. The second kappa shape index (κ2) is 5.92. The fourth-order valence-electron chi connectivity index (χ4n) is 1.74. The number of nitrogens with two attached hydrogens (primary N) is 1. The van der Waals surface area contributed by atoms with Crippen molar-refractivity contribution in [3.63, 3.8) is 0 Å². The molecule has 0 atom stereocenters. The number of ether oxygens (including phenoxy) is 1. The van der Waals surface area contributed by atoms with E-state index in [1.54, 1.807) is 18.2 Å². The lowest BCUT2D eigenvalue weighted by Gasteiger charge is -2.19. The van der Waals surface area contributed by atoms with Crippen LogP contribution in [0, 0.1) is 5.41 Å². The summed E-state index contributed by atoms with van der Waals surface area (Å²) in [5.41, 5.74) is 6.41. The highest BCUT2D eigenvalue weighted by Gasteiger charge is 2.29. The Kier molecular flexibility index (Phi) is 4.77. The first-order valence-electron chi connectivity index (χ1n) is 5.49. The molecule has 106 valence electrons. The summed E-state index contributed by atoms with van der Waals surface area (Å²) >= 11 is 0. The highest BCUT2D eigenvalue weighted by molar-refractivity contribution is 5.97. The average molecular weight is 275 g/mol. The fourth-order valence-corrected chi connectivity index (χ4v) is 1.74. The third kappa shape index (κ3) is 4.78. The zero-order chi connectivity index (χ0) is 14.6. The van der Waals surface area contributed by atoms with E-state index < -0.39 is 12.7 Å². The first-order valence-corrected chi connectivity index (χ1v) is 5.49. The smallest absolute Gasteiger partial charge is 0.401 e. The van der Waals surface area contributed by atoms with Gasteiger partial charge >= 0.3 is 6.18 Å². The predicted octanol–water partition coefficient (Wildman–Crippen LogP) is 1.97. The van der Waals surface area contributed by atoms with Crippen LogP contribution in [0.15, 0.2) is 18.2 Å². The third-order valence-electron chi connectivity index (χ3n) is 2.46. The van der Waals surface area contributed by atoms with Gasteiger partial charge in [-0.1, -0.05) is 6.07 Å². The summed E-state index contributed by atoms with van der Waals surface area (Å²) in [6, 6.07) is 4.81. The minimum atomic E-state index is -4.23. The number of methoxy groups -OCH3 is 1. The molecular weight excluding hydrogens is 259 g/mol. The number of nitrogens with zero attached hydrogens (tertiary/aromatic N) is 1. The number of halogens is 3. The van der Waals surface area contributed by atoms with E-state index >= 15 is 0 Å².